The van der Waals surface area contributed by atoms with Crippen LogP contribution in [0, 0.1) is 0 Å². The van der Waals surface area contributed by atoms with E-state index in [4.69, 9.17) is 0 Å². The Morgan fingerprint density at radius 1 is 1.00 bits per heavy atom. The number of hydrogen-bond donors (Lipinski definition) is 0. The summed E-state index contributed by atoms with van der Waals surface area (Å²) >= 11 is 10.7. The van der Waals surface area contributed by atoms with Crippen LogP contribution in [0.2, 0.25) is 19.6 Å². The molecule has 0 radical (unpaired) electrons. The van der Waals surface area contributed by atoms with E-state index in [0.717, 1.165) is 9.08 Å². The van der Waals surface area contributed by atoms with Gasteiger partial charge in [-0.25, -0.2) is 0 Å². The first kappa shape index (κ1) is 12.0. The van der Waals surface area contributed by atoms with Crippen molar-refractivity contribution in [1.82, 2.24) is 4.57 Å². The lowest BCUT2D eigenvalue weighted by molar-refractivity contribution is 0.922. The smallest absolute Gasteiger partial charge is 0.1000 e. The van der Waals surface area contributed by atoms with Crippen molar-refractivity contribution in [3.05, 3.63) is 13.5 Å². The minimum atomic E-state index is -1.28. The zero-order valence-electron chi connectivity index (χ0n) is 8.08. The topological polar surface area (TPSA) is 4.93 Å². The largest absolute Gasteiger partial charge is 0.344 e. The van der Waals surface area contributed by atoms with Crippen LogP contribution in [0.1, 0.15) is 0 Å². The van der Waals surface area contributed by atoms with Crippen LogP contribution in [0.4, 0.5) is 0 Å². The fourth-order valence-corrected chi connectivity index (χ4v) is 7.00. The maximum absolute atomic E-state index is 3.62. The van der Waals surface area contributed by atoms with E-state index >= 15 is 0 Å². The summed E-state index contributed by atoms with van der Waals surface area (Å²) in [6.45, 7) is 7.02. The Balaban J connectivity index is 3.47. The lowest BCUT2D eigenvalue weighted by Crippen LogP contribution is -2.42. The third-order valence-electron chi connectivity index (χ3n) is 1.92. The molecule has 0 aliphatic rings. The molecule has 1 nitrogen and oxygen atoms in total. The molecular formula is C8H12Br3NSi. The maximum atomic E-state index is 3.62. The van der Waals surface area contributed by atoms with Crippen molar-refractivity contribution in [3.8, 4) is 0 Å². The van der Waals surface area contributed by atoms with Crippen molar-refractivity contribution in [2.75, 3.05) is 0 Å². The van der Waals surface area contributed by atoms with Crippen LogP contribution in [0.3, 0.4) is 0 Å². The molecule has 0 fully saturated rings. The van der Waals surface area contributed by atoms with Crippen LogP contribution in [-0.2, 0) is 7.05 Å². The molecule has 0 aromatic carbocycles. The molecule has 1 aromatic heterocycles. The summed E-state index contributed by atoms with van der Waals surface area (Å²) < 4.78 is 5.63. The monoisotopic (exact) mass is 387 g/mol. The molecule has 0 unspecified atom stereocenters. The first-order valence-electron chi connectivity index (χ1n) is 3.96. The summed E-state index contributed by atoms with van der Waals surface area (Å²) in [5.41, 5.74) is 0. The quantitative estimate of drug-likeness (QED) is 0.643. The van der Waals surface area contributed by atoms with Crippen molar-refractivity contribution in [3.63, 3.8) is 0 Å². The number of halogens is 3. The first-order chi connectivity index (χ1) is 5.76. The van der Waals surface area contributed by atoms with Gasteiger partial charge in [-0.05, 0) is 47.8 Å². The molecule has 0 bridgehead atoms. The zero-order chi connectivity index (χ0) is 10.4. The molecule has 0 saturated heterocycles. The van der Waals surface area contributed by atoms with Gasteiger partial charge >= 0.3 is 0 Å². The Kier molecular flexibility index (Phi) is 3.54. The minimum Gasteiger partial charge on any atom is -0.344 e. The molecule has 1 rings (SSSR count). The van der Waals surface area contributed by atoms with Gasteiger partial charge in [0, 0.05) is 16.8 Å². The molecule has 13 heavy (non-hydrogen) atoms. The molecule has 1 aromatic rings. The summed E-state index contributed by atoms with van der Waals surface area (Å²) in [5, 5.41) is 1.42. The second-order valence-electron chi connectivity index (χ2n) is 4.08. The third kappa shape index (κ3) is 2.13. The Morgan fingerprint density at radius 2 is 1.46 bits per heavy atom. The third-order valence-corrected chi connectivity index (χ3v) is 7.83. The van der Waals surface area contributed by atoms with E-state index in [1.165, 1.54) is 9.79 Å². The van der Waals surface area contributed by atoms with Gasteiger partial charge in [0.1, 0.15) is 0 Å². The molecule has 0 N–H and O–H groups in total. The highest BCUT2D eigenvalue weighted by Gasteiger charge is 2.27. The second kappa shape index (κ2) is 3.83. The van der Waals surface area contributed by atoms with E-state index in [9.17, 15) is 0 Å². The normalized spacial score (nSPS) is 12.2. The van der Waals surface area contributed by atoms with Crippen molar-refractivity contribution >= 4 is 61.2 Å². The van der Waals surface area contributed by atoms with Gasteiger partial charge < -0.3 is 4.57 Å². The summed E-state index contributed by atoms with van der Waals surface area (Å²) in [6, 6.07) is 0. The molecule has 0 aliphatic carbocycles. The number of nitrogens with zero attached hydrogens (tertiary/aromatic N) is 1. The predicted molar refractivity (Wildman–Crippen MR) is 71.5 cm³/mol. The highest BCUT2D eigenvalue weighted by Crippen LogP contribution is 2.32. The van der Waals surface area contributed by atoms with E-state index in [2.05, 4.69) is 79.0 Å². The molecule has 5 heteroatoms. The Hall–Kier alpha value is 0.937. The number of hydrogen-bond acceptors (Lipinski definition) is 0. The molecule has 0 saturated carbocycles. The summed E-state index contributed by atoms with van der Waals surface area (Å²) in [7, 11) is 0.814. The van der Waals surface area contributed by atoms with Crippen LogP contribution in [0.5, 0.6) is 0 Å². The molecular weight excluding hydrogens is 378 g/mol. The van der Waals surface area contributed by atoms with Crippen molar-refractivity contribution in [2.45, 2.75) is 19.6 Å². The van der Waals surface area contributed by atoms with Gasteiger partial charge in [-0.15, -0.1) is 0 Å². The average Bonchev–Trinajstić information content (AvgIpc) is 2.14. The SMILES string of the molecule is Cn1c(Br)c(Br)c(Br)c1[Si](C)(C)C. The summed E-state index contributed by atoms with van der Waals surface area (Å²) in [4.78, 5) is 0. The lowest BCUT2D eigenvalue weighted by Gasteiger charge is -2.18. The van der Waals surface area contributed by atoms with E-state index in [1.54, 1.807) is 0 Å². The first-order valence-corrected chi connectivity index (χ1v) is 9.84. The van der Waals surface area contributed by atoms with Crippen molar-refractivity contribution < 1.29 is 0 Å². The van der Waals surface area contributed by atoms with Crippen molar-refractivity contribution in [1.29, 1.82) is 0 Å². The van der Waals surface area contributed by atoms with Crippen LogP contribution in [0.25, 0.3) is 0 Å². The van der Waals surface area contributed by atoms with E-state index in [0.29, 0.717) is 0 Å². The predicted octanol–water partition coefficient (Wildman–Crippen LogP) is 3.86. The van der Waals surface area contributed by atoms with Gasteiger partial charge in [-0.1, -0.05) is 19.6 Å². The Bertz CT molecular complexity index is 313. The molecule has 0 atom stereocenters. The second-order valence-corrected chi connectivity index (χ2v) is 11.4. The van der Waals surface area contributed by atoms with Crippen molar-refractivity contribution in [2.24, 2.45) is 7.05 Å². The maximum Gasteiger partial charge on any atom is 0.1000 e. The number of rotatable bonds is 1. The highest BCUT2D eigenvalue weighted by atomic mass is 79.9. The van der Waals surface area contributed by atoms with Crippen LogP contribution < -0.4 is 5.32 Å². The van der Waals surface area contributed by atoms with E-state index in [-0.39, 0.29) is 0 Å². The van der Waals surface area contributed by atoms with Crippen LogP contribution in [0.15, 0.2) is 13.5 Å². The molecule has 0 spiro atoms. The molecule has 0 aliphatic heterocycles. The summed E-state index contributed by atoms with van der Waals surface area (Å²) in [5.74, 6) is 0. The highest BCUT2D eigenvalue weighted by molar-refractivity contribution is 9.14. The zero-order valence-corrected chi connectivity index (χ0v) is 13.8. The van der Waals surface area contributed by atoms with Gasteiger partial charge in [0.2, 0.25) is 0 Å². The Morgan fingerprint density at radius 3 is 1.62 bits per heavy atom. The van der Waals surface area contributed by atoms with Gasteiger partial charge in [0.15, 0.2) is 0 Å². The van der Waals surface area contributed by atoms with E-state index < -0.39 is 8.07 Å². The molecule has 1 heterocycles. The molecule has 0 amide bonds. The fourth-order valence-electron chi connectivity index (χ4n) is 1.42. The van der Waals surface area contributed by atoms with Crippen LogP contribution >= 0.6 is 47.8 Å². The minimum absolute atomic E-state index is 1.11. The average molecular weight is 390 g/mol. The van der Waals surface area contributed by atoms with Gasteiger partial charge in [-0.2, -0.15) is 0 Å². The standard InChI is InChI=1S/C8H12Br3NSi/c1-12-7(11)5(9)6(10)8(12)13(2,3)4/h1-4H3. The Labute approximate surface area is 105 Å². The van der Waals surface area contributed by atoms with Gasteiger partial charge in [-0.3, -0.25) is 0 Å². The van der Waals surface area contributed by atoms with Crippen LogP contribution in [-0.4, -0.2) is 12.6 Å². The van der Waals surface area contributed by atoms with Gasteiger partial charge in [0.05, 0.1) is 17.1 Å². The fraction of sp³-hybridized carbons (Fsp3) is 0.500. The summed E-state index contributed by atoms with van der Waals surface area (Å²) in [6.07, 6.45) is 0. The number of aromatic nitrogens is 1. The lowest BCUT2D eigenvalue weighted by atomic mass is 10.7. The van der Waals surface area contributed by atoms with Gasteiger partial charge in [0.25, 0.3) is 0 Å². The van der Waals surface area contributed by atoms with E-state index in [1.807, 2.05) is 0 Å². The molecule has 74 valence electrons.